The van der Waals surface area contributed by atoms with Gasteiger partial charge in [0.1, 0.15) is 6.10 Å². The molecule has 0 bridgehead atoms. The average molecular weight is 183 g/mol. The minimum Gasteiger partial charge on any atom is -0.384 e. The van der Waals surface area contributed by atoms with Crippen molar-refractivity contribution in [1.82, 2.24) is 4.90 Å². The fourth-order valence-corrected chi connectivity index (χ4v) is 1.50. The number of hydrogen-bond acceptors (Lipinski definition) is 3. The number of aliphatic hydroxyl groups is 1. The van der Waals surface area contributed by atoms with Crippen LogP contribution in [0.1, 0.15) is 11.0 Å². The van der Waals surface area contributed by atoms with Crippen molar-refractivity contribution >= 4 is 11.3 Å². The van der Waals surface area contributed by atoms with Crippen LogP contribution in [0.5, 0.6) is 0 Å². The molecule has 0 spiro atoms. The maximum atomic E-state index is 9.56. The summed E-state index contributed by atoms with van der Waals surface area (Å²) in [5.74, 6) is 0. The van der Waals surface area contributed by atoms with Gasteiger partial charge in [-0.3, -0.25) is 0 Å². The first-order valence-corrected chi connectivity index (χ1v) is 4.64. The number of thiophene rings is 1. The van der Waals surface area contributed by atoms with Gasteiger partial charge in [0, 0.05) is 19.0 Å². The van der Waals surface area contributed by atoms with Crippen LogP contribution < -0.4 is 0 Å². The third-order valence-electron chi connectivity index (χ3n) is 1.40. The zero-order valence-electron chi connectivity index (χ0n) is 7.27. The quantitative estimate of drug-likeness (QED) is 0.773. The minimum atomic E-state index is -0.465. The molecule has 0 aliphatic heterocycles. The third kappa shape index (κ3) is 2.68. The molecule has 1 atom stereocenters. The van der Waals surface area contributed by atoms with Gasteiger partial charge < -0.3 is 10.0 Å². The molecule has 12 heavy (non-hydrogen) atoms. The van der Waals surface area contributed by atoms with E-state index in [1.165, 1.54) is 0 Å². The second-order valence-corrected chi connectivity index (χ2v) is 3.74. The van der Waals surface area contributed by atoms with Gasteiger partial charge in [0.05, 0.1) is 0 Å². The monoisotopic (exact) mass is 183 g/mol. The molecule has 2 nitrogen and oxygen atoms in total. The van der Waals surface area contributed by atoms with Crippen LogP contribution in [0.2, 0.25) is 0 Å². The summed E-state index contributed by atoms with van der Waals surface area (Å²) < 4.78 is 0. The van der Waals surface area contributed by atoms with Crippen LogP contribution in [0.15, 0.2) is 29.8 Å². The van der Waals surface area contributed by atoms with E-state index in [0.717, 1.165) is 4.88 Å². The fraction of sp³-hybridized carbons (Fsp3) is 0.333. The Balaban J connectivity index is 2.55. The molecule has 0 saturated heterocycles. The molecule has 0 aliphatic carbocycles. The van der Waals surface area contributed by atoms with E-state index in [2.05, 4.69) is 0 Å². The van der Waals surface area contributed by atoms with Crippen LogP contribution in [0, 0.1) is 0 Å². The van der Waals surface area contributed by atoms with Crippen LogP contribution in [-0.2, 0) is 0 Å². The molecule has 1 rings (SSSR count). The zero-order chi connectivity index (χ0) is 8.97. The maximum absolute atomic E-state index is 9.56. The van der Waals surface area contributed by atoms with E-state index in [0.29, 0.717) is 0 Å². The van der Waals surface area contributed by atoms with E-state index in [9.17, 15) is 5.11 Å². The number of rotatable bonds is 3. The Morgan fingerprint density at radius 1 is 1.58 bits per heavy atom. The number of aliphatic hydroxyl groups excluding tert-OH is 1. The van der Waals surface area contributed by atoms with Gasteiger partial charge in [-0.2, -0.15) is 0 Å². The van der Waals surface area contributed by atoms with Crippen LogP contribution >= 0.6 is 11.3 Å². The summed E-state index contributed by atoms with van der Waals surface area (Å²) >= 11 is 1.56. The van der Waals surface area contributed by atoms with Crippen molar-refractivity contribution in [3.63, 3.8) is 0 Å². The summed E-state index contributed by atoms with van der Waals surface area (Å²) in [5.41, 5.74) is 0. The average Bonchev–Trinajstić information content (AvgIpc) is 2.51. The van der Waals surface area contributed by atoms with Crippen LogP contribution in [-0.4, -0.2) is 24.1 Å². The molecular weight excluding hydrogens is 170 g/mol. The summed E-state index contributed by atoms with van der Waals surface area (Å²) in [4.78, 5) is 2.88. The normalized spacial score (nSPS) is 13.6. The first-order valence-electron chi connectivity index (χ1n) is 3.76. The molecule has 1 aromatic rings. The van der Waals surface area contributed by atoms with Crippen molar-refractivity contribution in [2.45, 2.75) is 6.10 Å². The van der Waals surface area contributed by atoms with Crippen molar-refractivity contribution in [2.24, 2.45) is 0 Å². The summed E-state index contributed by atoms with van der Waals surface area (Å²) in [6.45, 7) is 0. The Morgan fingerprint density at radius 3 is 2.83 bits per heavy atom. The highest BCUT2D eigenvalue weighted by Crippen LogP contribution is 2.19. The van der Waals surface area contributed by atoms with Gasteiger partial charge in [-0.1, -0.05) is 6.07 Å². The Morgan fingerprint density at radius 2 is 2.33 bits per heavy atom. The smallest absolute Gasteiger partial charge is 0.108 e. The molecular formula is C9H13NOS. The molecule has 0 radical (unpaired) electrons. The van der Waals surface area contributed by atoms with Crippen LogP contribution in [0.25, 0.3) is 0 Å². The molecule has 0 aliphatic rings. The molecule has 0 aromatic carbocycles. The van der Waals surface area contributed by atoms with Gasteiger partial charge in [-0.25, -0.2) is 0 Å². The van der Waals surface area contributed by atoms with E-state index in [-0.39, 0.29) is 0 Å². The summed E-state index contributed by atoms with van der Waals surface area (Å²) in [5, 5.41) is 11.5. The fourth-order valence-electron chi connectivity index (χ4n) is 0.808. The highest BCUT2D eigenvalue weighted by atomic mass is 32.1. The van der Waals surface area contributed by atoms with E-state index < -0.39 is 6.10 Å². The maximum Gasteiger partial charge on any atom is 0.108 e. The lowest BCUT2D eigenvalue weighted by molar-refractivity contribution is 0.230. The Kier molecular flexibility index (Phi) is 3.31. The molecule has 0 saturated carbocycles. The molecule has 3 heteroatoms. The highest BCUT2D eigenvalue weighted by Gasteiger charge is 2.02. The Bertz CT molecular complexity index is 241. The highest BCUT2D eigenvalue weighted by molar-refractivity contribution is 7.10. The van der Waals surface area contributed by atoms with E-state index in [1.54, 1.807) is 17.4 Å². The number of hydrogen-bond donors (Lipinski definition) is 1. The lowest BCUT2D eigenvalue weighted by Crippen LogP contribution is -2.01. The molecule has 0 amide bonds. The Labute approximate surface area is 76.8 Å². The van der Waals surface area contributed by atoms with Gasteiger partial charge in [0.15, 0.2) is 0 Å². The minimum absolute atomic E-state index is 0.465. The van der Waals surface area contributed by atoms with E-state index in [1.807, 2.05) is 42.7 Å². The van der Waals surface area contributed by atoms with E-state index in [4.69, 9.17) is 0 Å². The van der Waals surface area contributed by atoms with Crippen molar-refractivity contribution in [1.29, 1.82) is 0 Å². The lowest BCUT2D eigenvalue weighted by atomic mass is 10.3. The largest absolute Gasteiger partial charge is 0.384 e. The molecule has 0 fully saturated rings. The molecule has 1 aromatic heterocycles. The predicted octanol–water partition coefficient (Wildman–Crippen LogP) is 1.86. The second-order valence-electron chi connectivity index (χ2n) is 2.77. The SMILES string of the molecule is CN(C)/C=C/C(O)c1cccs1. The summed E-state index contributed by atoms with van der Waals surface area (Å²) in [6, 6.07) is 3.86. The molecule has 1 N–H and O–H groups in total. The van der Waals surface area contributed by atoms with Crippen molar-refractivity contribution in [3.05, 3.63) is 34.7 Å². The Hall–Kier alpha value is -0.800. The van der Waals surface area contributed by atoms with Crippen molar-refractivity contribution in [2.75, 3.05) is 14.1 Å². The second kappa shape index (κ2) is 4.28. The third-order valence-corrected chi connectivity index (χ3v) is 2.34. The van der Waals surface area contributed by atoms with Gasteiger partial charge in [-0.05, 0) is 23.7 Å². The van der Waals surface area contributed by atoms with Gasteiger partial charge in [0.25, 0.3) is 0 Å². The van der Waals surface area contributed by atoms with Crippen LogP contribution in [0.4, 0.5) is 0 Å². The number of nitrogens with zero attached hydrogens (tertiary/aromatic N) is 1. The molecule has 66 valence electrons. The molecule has 1 heterocycles. The van der Waals surface area contributed by atoms with Gasteiger partial charge >= 0.3 is 0 Å². The first-order chi connectivity index (χ1) is 5.70. The topological polar surface area (TPSA) is 23.5 Å². The zero-order valence-corrected chi connectivity index (χ0v) is 8.08. The molecule has 1 unspecified atom stereocenters. The van der Waals surface area contributed by atoms with E-state index >= 15 is 0 Å². The van der Waals surface area contributed by atoms with Crippen molar-refractivity contribution < 1.29 is 5.11 Å². The van der Waals surface area contributed by atoms with Crippen LogP contribution in [0.3, 0.4) is 0 Å². The van der Waals surface area contributed by atoms with Gasteiger partial charge in [0.2, 0.25) is 0 Å². The first kappa shape index (κ1) is 9.29. The van der Waals surface area contributed by atoms with Gasteiger partial charge in [-0.15, -0.1) is 11.3 Å². The lowest BCUT2D eigenvalue weighted by Gasteiger charge is -2.06. The predicted molar refractivity (Wildman–Crippen MR) is 52.1 cm³/mol. The summed E-state index contributed by atoms with van der Waals surface area (Å²) in [7, 11) is 3.86. The van der Waals surface area contributed by atoms with Crippen molar-refractivity contribution in [3.8, 4) is 0 Å². The summed E-state index contributed by atoms with van der Waals surface area (Å²) in [6.07, 6.45) is 3.16. The standard InChI is InChI=1S/C9H13NOS/c1-10(2)6-5-8(11)9-4-3-7-12-9/h3-8,11H,1-2H3/b6-5+.